The van der Waals surface area contributed by atoms with E-state index >= 15 is 0 Å². The molecule has 0 amide bonds. The fraction of sp³-hybridized carbons (Fsp3) is 0.667. The van der Waals surface area contributed by atoms with Gasteiger partial charge in [-0.05, 0) is 43.0 Å². The molecule has 1 aliphatic heterocycles. The third-order valence-electron chi connectivity index (χ3n) is 5.32. The Labute approximate surface area is 141 Å². The van der Waals surface area contributed by atoms with Gasteiger partial charge in [-0.15, -0.1) is 0 Å². The monoisotopic (exact) mass is 342 g/mol. The maximum Gasteiger partial charge on any atom is 0.401 e. The molecule has 1 fully saturated rings. The number of benzene rings is 1. The van der Waals surface area contributed by atoms with Crippen molar-refractivity contribution in [3.63, 3.8) is 0 Å². The molecule has 134 valence electrons. The standard InChI is InChI=1S/C18H25F3N2O/c1-2-22(12-18(19,20)21)10-13-7-8-23(11-13)16-9-14-5-3-4-6-15(14)17(16)24/h3-6,13,16-17,24H,2,7-12H2,1H3/t13-,16+,17-/m0/s1. The van der Waals surface area contributed by atoms with E-state index in [1.54, 1.807) is 6.92 Å². The first-order chi connectivity index (χ1) is 11.4. The first-order valence-corrected chi connectivity index (χ1v) is 8.66. The molecule has 1 aromatic carbocycles. The summed E-state index contributed by atoms with van der Waals surface area (Å²) in [5, 5.41) is 10.6. The highest BCUT2D eigenvalue weighted by Crippen LogP contribution is 2.36. The van der Waals surface area contributed by atoms with Gasteiger partial charge < -0.3 is 5.11 Å². The molecule has 1 N–H and O–H groups in total. The van der Waals surface area contributed by atoms with Crippen LogP contribution in [0.15, 0.2) is 24.3 Å². The van der Waals surface area contributed by atoms with E-state index in [0.29, 0.717) is 13.1 Å². The van der Waals surface area contributed by atoms with Crippen molar-refractivity contribution in [1.82, 2.24) is 9.80 Å². The number of nitrogens with zero attached hydrogens (tertiary/aromatic N) is 2. The molecule has 3 rings (SSSR count). The summed E-state index contributed by atoms with van der Waals surface area (Å²) in [6, 6.07) is 8.00. The first kappa shape index (κ1) is 17.7. The normalized spacial score (nSPS) is 27.8. The number of halogens is 3. The molecule has 0 spiro atoms. The average molecular weight is 342 g/mol. The molecule has 1 aromatic rings. The molecule has 2 aliphatic rings. The van der Waals surface area contributed by atoms with E-state index in [1.807, 2.05) is 24.3 Å². The second-order valence-electron chi connectivity index (χ2n) is 7.01. The number of hydrogen-bond donors (Lipinski definition) is 1. The zero-order valence-corrected chi connectivity index (χ0v) is 14.0. The highest BCUT2D eigenvalue weighted by Gasteiger charge is 2.39. The van der Waals surface area contributed by atoms with Crippen LogP contribution in [0.25, 0.3) is 0 Å². The molecule has 1 aliphatic carbocycles. The zero-order chi connectivity index (χ0) is 17.3. The predicted molar refractivity (Wildman–Crippen MR) is 86.7 cm³/mol. The van der Waals surface area contributed by atoms with E-state index in [1.165, 1.54) is 10.5 Å². The number of aliphatic hydroxyl groups excluding tert-OH is 1. The summed E-state index contributed by atoms with van der Waals surface area (Å²) < 4.78 is 37.8. The fourth-order valence-corrected chi connectivity index (χ4v) is 4.12. The maximum atomic E-state index is 12.6. The SMILES string of the molecule is CCN(C[C@@H]1CCN([C@@H]2Cc3ccccc3[C@@H]2O)C1)CC(F)(F)F. The lowest BCUT2D eigenvalue weighted by Gasteiger charge is -2.28. The van der Waals surface area contributed by atoms with Gasteiger partial charge in [0, 0.05) is 19.1 Å². The molecular weight excluding hydrogens is 317 g/mol. The largest absolute Gasteiger partial charge is 0.401 e. The van der Waals surface area contributed by atoms with Gasteiger partial charge in [0.15, 0.2) is 0 Å². The van der Waals surface area contributed by atoms with E-state index in [9.17, 15) is 18.3 Å². The molecular formula is C18H25F3N2O. The smallest absolute Gasteiger partial charge is 0.387 e. The predicted octanol–water partition coefficient (Wildman–Crippen LogP) is 2.85. The van der Waals surface area contributed by atoms with Crippen LogP contribution in [0.3, 0.4) is 0 Å². The Morgan fingerprint density at radius 3 is 2.71 bits per heavy atom. The summed E-state index contributed by atoms with van der Waals surface area (Å²) >= 11 is 0. The van der Waals surface area contributed by atoms with Crippen LogP contribution < -0.4 is 0 Å². The van der Waals surface area contributed by atoms with Crippen molar-refractivity contribution in [1.29, 1.82) is 0 Å². The van der Waals surface area contributed by atoms with Gasteiger partial charge in [0.1, 0.15) is 0 Å². The van der Waals surface area contributed by atoms with Crippen LogP contribution in [-0.4, -0.2) is 59.8 Å². The number of alkyl halides is 3. The Morgan fingerprint density at radius 2 is 2.04 bits per heavy atom. The lowest BCUT2D eigenvalue weighted by atomic mass is 10.1. The van der Waals surface area contributed by atoms with Crippen LogP contribution in [0.4, 0.5) is 13.2 Å². The van der Waals surface area contributed by atoms with Crippen molar-refractivity contribution in [2.75, 3.05) is 32.7 Å². The Bertz CT molecular complexity index is 563. The van der Waals surface area contributed by atoms with E-state index in [4.69, 9.17) is 0 Å². The molecule has 0 bridgehead atoms. The minimum atomic E-state index is -4.14. The summed E-state index contributed by atoms with van der Waals surface area (Å²) in [6.07, 6.45) is -2.91. The van der Waals surface area contributed by atoms with Crippen LogP contribution in [0.1, 0.15) is 30.6 Å². The Balaban J connectivity index is 1.56. The molecule has 1 heterocycles. The molecule has 0 unspecified atom stereocenters. The highest BCUT2D eigenvalue weighted by atomic mass is 19.4. The van der Waals surface area contributed by atoms with Crippen molar-refractivity contribution >= 4 is 0 Å². The van der Waals surface area contributed by atoms with Gasteiger partial charge in [-0.1, -0.05) is 31.2 Å². The van der Waals surface area contributed by atoms with Crippen LogP contribution in [0.5, 0.6) is 0 Å². The minimum Gasteiger partial charge on any atom is -0.387 e. The van der Waals surface area contributed by atoms with E-state index in [2.05, 4.69) is 4.90 Å². The van der Waals surface area contributed by atoms with Gasteiger partial charge in [-0.25, -0.2) is 0 Å². The molecule has 0 radical (unpaired) electrons. The fourth-order valence-electron chi connectivity index (χ4n) is 4.12. The van der Waals surface area contributed by atoms with Gasteiger partial charge in [0.25, 0.3) is 0 Å². The Morgan fingerprint density at radius 1 is 1.29 bits per heavy atom. The van der Waals surface area contributed by atoms with Gasteiger partial charge in [-0.2, -0.15) is 13.2 Å². The topological polar surface area (TPSA) is 26.7 Å². The molecule has 0 aromatic heterocycles. The number of fused-ring (bicyclic) bond motifs is 1. The Hall–Kier alpha value is -1.11. The number of rotatable bonds is 5. The van der Waals surface area contributed by atoms with Gasteiger partial charge in [0.2, 0.25) is 0 Å². The quantitative estimate of drug-likeness (QED) is 0.891. The summed E-state index contributed by atoms with van der Waals surface area (Å²) in [5.41, 5.74) is 2.18. The van der Waals surface area contributed by atoms with Crippen molar-refractivity contribution in [2.45, 2.75) is 38.1 Å². The number of hydrogen-bond acceptors (Lipinski definition) is 3. The number of likely N-dealkylation sites (tertiary alicyclic amines) is 1. The highest BCUT2D eigenvalue weighted by molar-refractivity contribution is 5.36. The Kier molecular flexibility index (Phi) is 5.18. The van der Waals surface area contributed by atoms with E-state index in [-0.39, 0.29) is 12.0 Å². The van der Waals surface area contributed by atoms with Crippen molar-refractivity contribution in [3.05, 3.63) is 35.4 Å². The van der Waals surface area contributed by atoms with Crippen molar-refractivity contribution < 1.29 is 18.3 Å². The van der Waals surface area contributed by atoms with Crippen molar-refractivity contribution in [3.8, 4) is 0 Å². The zero-order valence-electron chi connectivity index (χ0n) is 14.0. The molecule has 6 heteroatoms. The summed E-state index contributed by atoms with van der Waals surface area (Å²) in [7, 11) is 0. The lowest BCUT2D eigenvalue weighted by Crippen LogP contribution is -2.40. The van der Waals surface area contributed by atoms with Crippen LogP contribution in [0, 0.1) is 5.92 Å². The molecule has 0 saturated carbocycles. The van der Waals surface area contributed by atoms with Gasteiger partial charge >= 0.3 is 6.18 Å². The maximum absolute atomic E-state index is 12.6. The summed E-state index contributed by atoms with van der Waals surface area (Å²) in [4.78, 5) is 3.74. The van der Waals surface area contributed by atoms with Gasteiger partial charge in [-0.3, -0.25) is 9.80 Å². The second kappa shape index (κ2) is 7.02. The van der Waals surface area contributed by atoms with Crippen LogP contribution in [-0.2, 0) is 6.42 Å². The molecule has 3 nitrogen and oxygen atoms in total. The van der Waals surface area contributed by atoms with E-state index in [0.717, 1.165) is 31.5 Å². The van der Waals surface area contributed by atoms with Crippen LogP contribution >= 0.6 is 0 Å². The van der Waals surface area contributed by atoms with E-state index < -0.39 is 18.8 Å². The number of aliphatic hydroxyl groups is 1. The third kappa shape index (κ3) is 3.92. The van der Waals surface area contributed by atoms with Crippen LogP contribution in [0.2, 0.25) is 0 Å². The minimum absolute atomic E-state index is 0.0603. The second-order valence-corrected chi connectivity index (χ2v) is 7.01. The lowest BCUT2D eigenvalue weighted by molar-refractivity contribution is -0.146. The summed E-state index contributed by atoms with van der Waals surface area (Å²) in [6.45, 7) is 3.44. The van der Waals surface area contributed by atoms with Crippen molar-refractivity contribution in [2.24, 2.45) is 5.92 Å². The molecule has 24 heavy (non-hydrogen) atoms. The summed E-state index contributed by atoms with van der Waals surface area (Å²) in [5.74, 6) is 0.239. The third-order valence-corrected chi connectivity index (χ3v) is 5.32. The molecule has 3 atom stereocenters. The molecule has 1 saturated heterocycles. The first-order valence-electron chi connectivity index (χ1n) is 8.66. The van der Waals surface area contributed by atoms with Gasteiger partial charge in [0.05, 0.1) is 12.6 Å². The average Bonchev–Trinajstić information content (AvgIpc) is 3.10.